The van der Waals surface area contributed by atoms with Gasteiger partial charge in [-0.3, -0.25) is 4.72 Å². The number of nitrogens with zero attached hydrogens (tertiary/aromatic N) is 6. The third kappa shape index (κ3) is 7.43. The predicted octanol–water partition coefficient (Wildman–Crippen LogP) is 2.49. The molecular formula is C26H36N8O4S. The molecule has 0 radical (unpaired) electrons. The average molecular weight is 557 g/mol. The van der Waals surface area contributed by atoms with Gasteiger partial charge in [-0.25, -0.2) is 23.4 Å². The van der Waals surface area contributed by atoms with Gasteiger partial charge in [-0.05, 0) is 51.9 Å². The number of sulfonamides is 1. The third-order valence-corrected chi connectivity index (χ3v) is 7.36. The Hall–Kier alpha value is -3.29. The fraction of sp³-hybridized carbons (Fsp3) is 0.538. The molecule has 1 saturated heterocycles. The highest BCUT2D eigenvalue weighted by atomic mass is 32.2. The van der Waals surface area contributed by atoms with Crippen LogP contribution in [0.25, 0.3) is 10.8 Å². The van der Waals surface area contributed by atoms with Gasteiger partial charge in [0.25, 0.3) is 0 Å². The zero-order chi connectivity index (χ0) is 27.4. The van der Waals surface area contributed by atoms with Crippen molar-refractivity contribution in [1.82, 2.24) is 24.8 Å². The Balaban J connectivity index is 1.29. The quantitative estimate of drug-likeness (QED) is 0.402. The number of aromatic nitrogens is 4. The highest BCUT2D eigenvalue weighted by molar-refractivity contribution is 7.92. The van der Waals surface area contributed by atoms with Crippen LogP contribution in [-0.2, 0) is 21.3 Å². The highest BCUT2D eigenvalue weighted by Gasteiger charge is 2.25. The molecule has 1 aliphatic heterocycles. The van der Waals surface area contributed by atoms with Crippen LogP contribution < -0.4 is 19.7 Å². The van der Waals surface area contributed by atoms with Crippen molar-refractivity contribution in [1.29, 1.82) is 0 Å². The lowest BCUT2D eigenvalue weighted by Gasteiger charge is -2.31. The van der Waals surface area contributed by atoms with Crippen molar-refractivity contribution in [2.45, 2.75) is 44.4 Å². The number of hydrogen-bond acceptors (Lipinski definition) is 11. The standard InChI is InChI=1S/C26H36N8O4S/c1-33(2)17-18-14-28-26(29-15-18)30-20-4-6-21(7-5-20)38-25-22-13-23(32-39(3,35)36)27-16-19(22)12-24(31-25)34-8-10-37-11-9-34/h12-16,20-21H,4-11,17H2,1-3H3,(H,27,32)(H,28,29,30). The largest absolute Gasteiger partial charge is 0.474 e. The number of fused-ring (bicyclic) bond motifs is 1. The van der Waals surface area contributed by atoms with Gasteiger partial charge in [0, 0.05) is 60.6 Å². The van der Waals surface area contributed by atoms with Crippen LogP contribution in [-0.4, -0.2) is 92.1 Å². The summed E-state index contributed by atoms with van der Waals surface area (Å²) < 4.78 is 38.0. The molecular weight excluding hydrogens is 520 g/mol. The Morgan fingerprint density at radius 1 is 1.05 bits per heavy atom. The lowest BCUT2D eigenvalue weighted by Crippen LogP contribution is -2.37. The fourth-order valence-corrected chi connectivity index (χ4v) is 5.42. The average Bonchev–Trinajstić information content (AvgIpc) is 2.90. The number of hydrogen-bond donors (Lipinski definition) is 2. The van der Waals surface area contributed by atoms with E-state index >= 15 is 0 Å². The van der Waals surface area contributed by atoms with Crippen LogP contribution in [0, 0.1) is 0 Å². The Bertz CT molecular complexity index is 1370. The first-order valence-electron chi connectivity index (χ1n) is 13.2. The van der Waals surface area contributed by atoms with E-state index in [4.69, 9.17) is 14.5 Å². The molecule has 3 aromatic heterocycles. The maximum absolute atomic E-state index is 11.8. The van der Waals surface area contributed by atoms with Gasteiger partial charge in [-0.1, -0.05) is 0 Å². The van der Waals surface area contributed by atoms with Gasteiger partial charge in [0.05, 0.1) is 19.5 Å². The number of anilines is 3. The molecule has 5 rings (SSSR count). The van der Waals surface area contributed by atoms with Gasteiger partial charge < -0.3 is 24.6 Å². The van der Waals surface area contributed by atoms with Crippen LogP contribution in [0.1, 0.15) is 31.2 Å². The van der Waals surface area contributed by atoms with Gasteiger partial charge in [-0.2, -0.15) is 4.98 Å². The first kappa shape index (κ1) is 27.3. The SMILES string of the molecule is CN(C)Cc1cnc(NC2CCC(Oc3nc(N4CCOCC4)cc4cnc(NS(C)(=O)=O)cc34)CC2)nc1. The molecule has 210 valence electrons. The molecule has 2 fully saturated rings. The van der Waals surface area contributed by atoms with E-state index in [1.54, 1.807) is 12.3 Å². The topological polar surface area (TPSA) is 135 Å². The first-order valence-corrected chi connectivity index (χ1v) is 15.1. The molecule has 0 aromatic carbocycles. The summed E-state index contributed by atoms with van der Waals surface area (Å²) in [4.78, 5) is 22.4. The zero-order valence-corrected chi connectivity index (χ0v) is 23.4. The Morgan fingerprint density at radius 3 is 2.44 bits per heavy atom. The molecule has 1 saturated carbocycles. The predicted molar refractivity (Wildman–Crippen MR) is 151 cm³/mol. The molecule has 4 heterocycles. The van der Waals surface area contributed by atoms with E-state index in [0.717, 1.165) is 73.7 Å². The van der Waals surface area contributed by atoms with E-state index in [-0.39, 0.29) is 18.0 Å². The van der Waals surface area contributed by atoms with E-state index in [1.807, 2.05) is 32.6 Å². The van der Waals surface area contributed by atoms with Crippen molar-refractivity contribution in [2.75, 3.05) is 61.6 Å². The second-order valence-corrected chi connectivity index (χ2v) is 12.2. The normalized spacial score (nSPS) is 20.3. The van der Waals surface area contributed by atoms with E-state index in [1.165, 1.54) is 0 Å². The molecule has 0 bridgehead atoms. The molecule has 3 aromatic rings. The minimum absolute atomic E-state index is 0.0124. The summed E-state index contributed by atoms with van der Waals surface area (Å²) in [7, 11) is 0.574. The lowest BCUT2D eigenvalue weighted by atomic mass is 9.93. The number of pyridine rings is 2. The number of ether oxygens (including phenoxy) is 2. The van der Waals surface area contributed by atoms with Gasteiger partial charge in [-0.15, -0.1) is 0 Å². The van der Waals surface area contributed by atoms with Crippen molar-refractivity contribution in [3.8, 4) is 5.88 Å². The van der Waals surface area contributed by atoms with Crippen LogP contribution in [0.15, 0.2) is 30.7 Å². The molecule has 1 aliphatic carbocycles. The molecule has 2 N–H and O–H groups in total. The molecule has 39 heavy (non-hydrogen) atoms. The van der Waals surface area contributed by atoms with Crippen molar-refractivity contribution in [2.24, 2.45) is 0 Å². The van der Waals surface area contributed by atoms with E-state index in [9.17, 15) is 8.42 Å². The van der Waals surface area contributed by atoms with E-state index < -0.39 is 10.0 Å². The van der Waals surface area contributed by atoms with Crippen molar-refractivity contribution < 1.29 is 17.9 Å². The minimum Gasteiger partial charge on any atom is -0.474 e. The smallest absolute Gasteiger partial charge is 0.230 e. The molecule has 13 heteroatoms. The summed E-state index contributed by atoms with van der Waals surface area (Å²) in [6.07, 6.45) is 10.0. The summed E-state index contributed by atoms with van der Waals surface area (Å²) in [6.45, 7) is 3.58. The summed E-state index contributed by atoms with van der Waals surface area (Å²) in [5, 5.41) is 5.02. The Kier molecular flexibility index (Phi) is 8.29. The van der Waals surface area contributed by atoms with Crippen LogP contribution in [0.3, 0.4) is 0 Å². The number of morpholine rings is 1. The van der Waals surface area contributed by atoms with Crippen molar-refractivity contribution in [3.05, 3.63) is 36.3 Å². The summed E-state index contributed by atoms with van der Waals surface area (Å²) >= 11 is 0. The van der Waals surface area contributed by atoms with Crippen LogP contribution in [0.4, 0.5) is 17.6 Å². The maximum Gasteiger partial charge on any atom is 0.230 e. The Morgan fingerprint density at radius 2 is 1.77 bits per heavy atom. The fourth-order valence-electron chi connectivity index (χ4n) is 4.93. The molecule has 0 amide bonds. The first-order chi connectivity index (χ1) is 18.7. The number of rotatable bonds is 9. The lowest BCUT2D eigenvalue weighted by molar-refractivity contribution is 0.122. The molecule has 0 unspecified atom stereocenters. The van der Waals surface area contributed by atoms with Crippen molar-refractivity contribution in [3.63, 3.8) is 0 Å². The number of nitrogens with one attached hydrogen (secondary N) is 2. The van der Waals surface area contributed by atoms with Crippen LogP contribution in [0.5, 0.6) is 5.88 Å². The zero-order valence-electron chi connectivity index (χ0n) is 22.6. The second-order valence-electron chi connectivity index (χ2n) is 10.4. The molecule has 2 aliphatic rings. The molecule has 0 spiro atoms. The Labute approximate surface area is 229 Å². The minimum atomic E-state index is -3.47. The van der Waals surface area contributed by atoms with Gasteiger partial charge in [0.1, 0.15) is 17.7 Å². The van der Waals surface area contributed by atoms with Gasteiger partial charge in [0.15, 0.2) is 0 Å². The molecule has 0 atom stereocenters. The van der Waals surface area contributed by atoms with Crippen LogP contribution >= 0.6 is 0 Å². The van der Waals surface area contributed by atoms with Gasteiger partial charge in [0.2, 0.25) is 21.9 Å². The summed E-state index contributed by atoms with van der Waals surface area (Å²) in [5.74, 6) is 2.17. The maximum atomic E-state index is 11.8. The van der Waals surface area contributed by atoms with E-state index in [2.05, 4.69) is 34.8 Å². The highest BCUT2D eigenvalue weighted by Crippen LogP contribution is 2.33. The second kappa shape index (κ2) is 11.8. The summed E-state index contributed by atoms with van der Waals surface area (Å²) in [6, 6.07) is 3.92. The van der Waals surface area contributed by atoms with Crippen molar-refractivity contribution >= 4 is 38.4 Å². The van der Waals surface area contributed by atoms with E-state index in [0.29, 0.717) is 25.0 Å². The summed E-state index contributed by atoms with van der Waals surface area (Å²) in [5.41, 5.74) is 1.08. The van der Waals surface area contributed by atoms with Gasteiger partial charge >= 0.3 is 0 Å². The third-order valence-electron chi connectivity index (χ3n) is 6.78. The molecule has 12 nitrogen and oxygen atoms in total. The monoisotopic (exact) mass is 556 g/mol. The van der Waals surface area contributed by atoms with Crippen LogP contribution in [0.2, 0.25) is 0 Å².